The molecule has 1 amide bonds. The number of benzene rings is 1. The number of nitrogens with zero attached hydrogens (tertiary/aromatic N) is 1. The molecule has 1 aromatic rings. The molecule has 0 aromatic heterocycles. The normalized spacial score (nSPS) is 21.4. The second kappa shape index (κ2) is 5.04. The average Bonchev–Trinajstić information content (AvgIpc) is 2.70. The van der Waals surface area contributed by atoms with Gasteiger partial charge in [-0.2, -0.15) is 0 Å². The average molecular weight is 281 g/mol. The Morgan fingerprint density at radius 3 is 2.74 bits per heavy atom. The van der Waals surface area contributed by atoms with Gasteiger partial charge in [-0.1, -0.05) is 31.9 Å². The van der Waals surface area contributed by atoms with Crippen molar-refractivity contribution in [3.8, 4) is 0 Å². The maximum Gasteiger partial charge on any atom is 0.230 e. The van der Waals surface area contributed by atoms with Crippen LogP contribution < -0.4 is 10.6 Å². The summed E-state index contributed by atoms with van der Waals surface area (Å²) in [5.74, 6) is 0.201. The molecule has 0 aliphatic heterocycles. The quantitative estimate of drug-likeness (QED) is 0.840. The highest BCUT2D eigenvalue weighted by Gasteiger charge is 2.40. The molecule has 19 heavy (non-hydrogen) atoms. The van der Waals surface area contributed by atoms with E-state index < -0.39 is 0 Å². The Kier molecular flexibility index (Phi) is 3.77. The maximum atomic E-state index is 12.7. The molecule has 0 radical (unpaired) electrons. The van der Waals surface area contributed by atoms with Crippen LogP contribution in [0.1, 0.15) is 33.1 Å². The first-order chi connectivity index (χ1) is 8.83. The second-order valence-electron chi connectivity index (χ2n) is 6.03. The van der Waals surface area contributed by atoms with Crippen molar-refractivity contribution < 1.29 is 4.79 Å². The SMILES string of the molecule is CN(C(=O)C1CCCC1(C)C)c1cc(Cl)ccc1N. The van der Waals surface area contributed by atoms with Gasteiger partial charge in [-0.3, -0.25) is 4.79 Å². The number of anilines is 2. The van der Waals surface area contributed by atoms with Gasteiger partial charge in [0.05, 0.1) is 11.4 Å². The van der Waals surface area contributed by atoms with Crippen LogP contribution in [0.3, 0.4) is 0 Å². The van der Waals surface area contributed by atoms with Crippen LogP contribution >= 0.6 is 11.6 Å². The first kappa shape index (κ1) is 14.2. The molecule has 2 rings (SSSR count). The van der Waals surface area contributed by atoms with E-state index in [1.807, 2.05) is 0 Å². The minimum absolute atomic E-state index is 0.0656. The van der Waals surface area contributed by atoms with Gasteiger partial charge in [-0.05, 0) is 36.5 Å². The molecule has 1 aromatic carbocycles. The number of hydrogen-bond donors (Lipinski definition) is 1. The lowest BCUT2D eigenvalue weighted by Crippen LogP contribution is -2.38. The van der Waals surface area contributed by atoms with Gasteiger partial charge < -0.3 is 10.6 Å². The van der Waals surface area contributed by atoms with Gasteiger partial charge in [0.15, 0.2) is 0 Å². The standard InChI is InChI=1S/C15H21ClN2O/c1-15(2)8-4-5-11(15)14(19)18(3)13-9-10(16)6-7-12(13)17/h6-7,9,11H,4-5,8,17H2,1-3H3. The van der Waals surface area contributed by atoms with Gasteiger partial charge in [-0.15, -0.1) is 0 Å². The van der Waals surface area contributed by atoms with E-state index in [-0.39, 0.29) is 17.2 Å². The van der Waals surface area contributed by atoms with E-state index in [9.17, 15) is 4.79 Å². The highest BCUT2D eigenvalue weighted by molar-refractivity contribution is 6.31. The Bertz CT molecular complexity index is 499. The third kappa shape index (κ3) is 2.71. The van der Waals surface area contributed by atoms with Gasteiger partial charge in [0.25, 0.3) is 0 Å². The van der Waals surface area contributed by atoms with E-state index in [1.54, 1.807) is 30.1 Å². The van der Waals surface area contributed by atoms with Crippen LogP contribution in [0.25, 0.3) is 0 Å². The van der Waals surface area contributed by atoms with Gasteiger partial charge >= 0.3 is 0 Å². The van der Waals surface area contributed by atoms with Crippen molar-refractivity contribution in [1.82, 2.24) is 0 Å². The third-order valence-electron chi connectivity index (χ3n) is 4.24. The molecule has 1 unspecified atom stereocenters. The molecule has 0 saturated heterocycles. The van der Waals surface area contributed by atoms with Gasteiger partial charge in [0, 0.05) is 18.0 Å². The molecule has 4 heteroatoms. The Balaban J connectivity index is 2.26. The van der Waals surface area contributed by atoms with Crippen molar-refractivity contribution in [2.24, 2.45) is 11.3 Å². The number of nitrogen functional groups attached to an aromatic ring is 1. The number of carbonyl (C=O) groups excluding carboxylic acids is 1. The van der Waals surface area contributed by atoms with Crippen molar-refractivity contribution in [3.63, 3.8) is 0 Å². The minimum atomic E-state index is 0.0656. The molecule has 104 valence electrons. The summed E-state index contributed by atoms with van der Waals surface area (Å²) >= 11 is 5.99. The Labute approximate surface area is 119 Å². The molecule has 0 bridgehead atoms. The summed E-state index contributed by atoms with van der Waals surface area (Å²) in [6.45, 7) is 4.33. The highest BCUT2D eigenvalue weighted by Crippen LogP contribution is 2.44. The molecule has 1 saturated carbocycles. The van der Waals surface area contributed by atoms with Crippen molar-refractivity contribution in [3.05, 3.63) is 23.2 Å². The smallest absolute Gasteiger partial charge is 0.230 e. The molecule has 0 spiro atoms. The van der Waals surface area contributed by atoms with E-state index in [4.69, 9.17) is 17.3 Å². The summed E-state index contributed by atoms with van der Waals surface area (Å²) < 4.78 is 0. The Hall–Kier alpha value is -1.22. The molecule has 1 aliphatic rings. The van der Waals surface area contributed by atoms with Crippen LogP contribution in [-0.2, 0) is 4.79 Å². The van der Waals surface area contributed by atoms with Crippen LogP contribution in [0.5, 0.6) is 0 Å². The molecule has 1 fully saturated rings. The monoisotopic (exact) mass is 280 g/mol. The zero-order valence-corrected chi connectivity index (χ0v) is 12.5. The number of rotatable bonds is 2. The molecular weight excluding hydrogens is 260 g/mol. The number of amides is 1. The fraction of sp³-hybridized carbons (Fsp3) is 0.533. The largest absolute Gasteiger partial charge is 0.397 e. The van der Waals surface area contributed by atoms with Crippen molar-refractivity contribution in [2.75, 3.05) is 17.7 Å². The fourth-order valence-electron chi connectivity index (χ4n) is 2.94. The summed E-state index contributed by atoms with van der Waals surface area (Å²) in [6, 6.07) is 5.22. The zero-order valence-electron chi connectivity index (χ0n) is 11.7. The Morgan fingerprint density at radius 2 is 2.16 bits per heavy atom. The maximum absolute atomic E-state index is 12.7. The van der Waals surface area contributed by atoms with Gasteiger partial charge in [0.1, 0.15) is 0 Å². The van der Waals surface area contributed by atoms with Crippen molar-refractivity contribution in [2.45, 2.75) is 33.1 Å². The fourth-order valence-corrected chi connectivity index (χ4v) is 3.11. The first-order valence-electron chi connectivity index (χ1n) is 6.65. The zero-order chi connectivity index (χ0) is 14.2. The summed E-state index contributed by atoms with van der Waals surface area (Å²) in [5, 5.41) is 0.592. The summed E-state index contributed by atoms with van der Waals surface area (Å²) in [5.41, 5.74) is 7.28. The van der Waals surface area contributed by atoms with Crippen molar-refractivity contribution in [1.29, 1.82) is 0 Å². The lowest BCUT2D eigenvalue weighted by Gasteiger charge is -2.30. The van der Waals surface area contributed by atoms with E-state index in [0.717, 1.165) is 19.3 Å². The third-order valence-corrected chi connectivity index (χ3v) is 4.47. The molecule has 1 atom stereocenters. The summed E-state index contributed by atoms with van der Waals surface area (Å²) in [6.07, 6.45) is 3.17. The highest BCUT2D eigenvalue weighted by atomic mass is 35.5. The topological polar surface area (TPSA) is 46.3 Å². The molecular formula is C15H21ClN2O. The minimum Gasteiger partial charge on any atom is -0.397 e. The first-order valence-corrected chi connectivity index (χ1v) is 7.03. The number of hydrogen-bond acceptors (Lipinski definition) is 2. The lowest BCUT2D eigenvalue weighted by atomic mass is 9.81. The molecule has 2 N–H and O–H groups in total. The number of carbonyl (C=O) groups is 1. The summed E-state index contributed by atoms with van der Waals surface area (Å²) in [4.78, 5) is 14.3. The van der Waals surface area contributed by atoms with E-state index in [2.05, 4.69) is 13.8 Å². The van der Waals surface area contributed by atoms with Crippen molar-refractivity contribution >= 4 is 28.9 Å². The van der Waals surface area contributed by atoms with Crippen LogP contribution in [0, 0.1) is 11.3 Å². The van der Waals surface area contributed by atoms with Gasteiger partial charge in [-0.25, -0.2) is 0 Å². The van der Waals surface area contributed by atoms with E-state index >= 15 is 0 Å². The van der Waals surface area contributed by atoms with E-state index in [0.29, 0.717) is 16.4 Å². The van der Waals surface area contributed by atoms with Crippen LogP contribution in [0.4, 0.5) is 11.4 Å². The molecule has 3 nitrogen and oxygen atoms in total. The lowest BCUT2D eigenvalue weighted by molar-refractivity contribution is -0.124. The number of nitrogens with two attached hydrogens (primary N) is 1. The van der Waals surface area contributed by atoms with Crippen LogP contribution in [0.15, 0.2) is 18.2 Å². The van der Waals surface area contributed by atoms with Crippen LogP contribution in [-0.4, -0.2) is 13.0 Å². The predicted molar refractivity (Wildman–Crippen MR) is 80.4 cm³/mol. The summed E-state index contributed by atoms with van der Waals surface area (Å²) in [7, 11) is 1.78. The van der Waals surface area contributed by atoms with Gasteiger partial charge in [0.2, 0.25) is 5.91 Å². The molecule has 0 heterocycles. The molecule has 1 aliphatic carbocycles. The predicted octanol–water partition coefficient (Wildman–Crippen LogP) is 3.71. The second-order valence-corrected chi connectivity index (χ2v) is 6.47. The van der Waals surface area contributed by atoms with E-state index in [1.165, 1.54) is 0 Å². The van der Waals surface area contributed by atoms with Crippen LogP contribution in [0.2, 0.25) is 5.02 Å². The Morgan fingerprint density at radius 1 is 1.47 bits per heavy atom. The number of halogens is 1.